The van der Waals surface area contributed by atoms with Gasteiger partial charge in [-0.05, 0) is 61.8 Å². The van der Waals surface area contributed by atoms with Crippen molar-refractivity contribution in [1.29, 1.82) is 0 Å². The quantitative estimate of drug-likeness (QED) is 0.902. The molecule has 6 atom stereocenters. The Hall–Kier alpha value is -1.36. The summed E-state index contributed by atoms with van der Waals surface area (Å²) >= 11 is 0. The molecule has 5 heteroatoms. The number of aryl methyl sites for hydroxylation is 1. The molecule has 2 saturated carbocycles. The van der Waals surface area contributed by atoms with Gasteiger partial charge in [0.2, 0.25) is 5.91 Å². The maximum Gasteiger partial charge on any atom is 0.227 e. The SMILES string of the molecule is Cn1cc([C@H]2CNC[C@@H]2C(=O)N2CCCC2CC2CC3CCC2C3)cn1. The summed E-state index contributed by atoms with van der Waals surface area (Å²) in [5, 5.41) is 7.78. The molecule has 5 rings (SSSR count). The number of amides is 1. The predicted molar refractivity (Wildman–Crippen MR) is 101 cm³/mol. The van der Waals surface area contributed by atoms with Gasteiger partial charge >= 0.3 is 0 Å². The van der Waals surface area contributed by atoms with Crippen molar-refractivity contribution in [2.75, 3.05) is 19.6 Å². The van der Waals surface area contributed by atoms with Gasteiger partial charge in [-0.2, -0.15) is 5.10 Å². The molecule has 0 spiro atoms. The number of rotatable bonds is 4. The molecule has 4 fully saturated rings. The summed E-state index contributed by atoms with van der Waals surface area (Å²) in [4.78, 5) is 15.7. The number of nitrogens with one attached hydrogen (secondary N) is 1. The maximum atomic E-state index is 13.4. The summed E-state index contributed by atoms with van der Waals surface area (Å²) in [5.41, 5.74) is 1.21. The third kappa shape index (κ3) is 2.88. The normalized spacial score (nSPS) is 39.2. The zero-order valence-corrected chi connectivity index (χ0v) is 15.9. The van der Waals surface area contributed by atoms with Crippen LogP contribution < -0.4 is 5.32 Å². The lowest BCUT2D eigenvalue weighted by molar-refractivity contribution is -0.136. The molecule has 0 aromatic carbocycles. The highest BCUT2D eigenvalue weighted by molar-refractivity contribution is 5.81. The average Bonchev–Trinajstić information content (AvgIpc) is 3.43. The van der Waals surface area contributed by atoms with Crippen LogP contribution in [0.15, 0.2) is 12.4 Å². The second-order valence-electron chi connectivity index (χ2n) is 9.32. The van der Waals surface area contributed by atoms with Crippen molar-refractivity contribution in [3.63, 3.8) is 0 Å². The van der Waals surface area contributed by atoms with Crippen molar-refractivity contribution >= 4 is 5.91 Å². The van der Waals surface area contributed by atoms with Crippen molar-refractivity contribution in [3.05, 3.63) is 18.0 Å². The molecular weight excluding hydrogens is 324 g/mol. The zero-order chi connectivity index (χ0) is 17.7. The molecule has 26 heavy (non-hydrogen) atoms. The van der Waals surface area contributed by atoms with Crippen LogP contribution in [-0.2, 0) is 11.8 Å². The van der Waals surface area contributed by atoms with Gasteiger partial charge in [-0.15, -0.1) is 0 Å². The van der Waals surface area contributed by atoms with E-state index < -0.39 is 0 Å². The van der Waals surface area contributed by atoms with Gasteiger partial charge in [0.25, 0.3) is 0 Å². The lowest BCUT2D eigenvalue weighted by Gasteiger charge is -2.32. The molecule has 1 N–H and O–H groups in total. The van der Waals surface area contributed by atoms with Gasteiger partial charge in [0.05, 0.1) is 12.1 Å². The second-order valence-corrected chi connectivity index (χ2v) is 9.32. The number of hydrogen-bond acceptors (Lipinski definition) is 3. The first kappa shape index (κ1) is 16.8. The van der Waals surface area contributed by atoms with Crippen molar-refractivity contribution in [3.8, 4) is 0 Å². The van der Waals surface area contributed by atoms with Crippen LogP contribution in [0.5, 0.6) is 0 Å². The molecule has 2 aliphatic heterocycles. The van der Waals surface area contributed by atoms with Crippen LogP contribution in [0.4, 0.5) is 0 Å². The summed E-state index contributed by atoms with van der Waals surface area (Å²) in [7, 11) is 1.95. The van der Waals surface area contributed by atoms with Gasteiger partial charge in [0.1, 0.15) is 0 Å². The topological polar surface area (TPSA) is 50.2 Å². The molecule has 1 aromatic rings. The van der Waals surface area contributed by atoms with Gasteiger partial charge in [-0.1, -0.05) is 6.42 Å². The third-order valence-corrected chi connectivity index (χ3v) is 7.80. The summed E-state index contributed by atoms with van der Waals surface area (Å²) in [6.45, 7) is 2.68. The van der Waals surface area contributed by atoms with E-state index in [-0.39, 0.29) is 11.8 Å². The average molecular weight is 357 g/mol. The number of aromatic nitrogens is 2. The van der Waals surface area contributed by atoms with E-state index in [1.807, 2.05) is 17.9 Å². The molecule has 0 radical (unpaired) electrons. The summed E-state index contributed by atoms with van der Waals surface area (Å²) in [5.74, 6) is 3.62. The minimum absolute atomic E-state index is 0.0832. The summed E-state index contributed by atoms with van der Waals surface area (Å²) in [6, 6.07) is 0.502. The van der Waals surface area contributed by atoms with E-state index in [9.17, 15) is 4.79 Å². The van der Waals surface area contributed by atoms with Crippen molar-refractivity contribution in [1.82, 2.24) is 20.0 Å². The Kier molecular flexibility index (Phi) is 4.30. The number of carbonyl (C=O) groups is 1. The zero-order valence-electron chi connectivity index (χ0n) is 15.9. The lowest BCUT2D eigenvalue weighted by atomic mass is 9.83. The number of carbonyl (C=O) groups excluding carboxylic acids is 1. The smallest absolute Gasteiger partial charge is 0.227 e. The molecule has 142 valence electrons. The van der Waals surface area contributed by atoms with E-state index in [4.69, 9.17) is 0 Å². The monoisotopic (exact) mass is 356 g/mol. The molecule has 3 heterocycles. The second kappa shape index (κ2) is 6.66. The van der Waals surface area contributed by atoms with Crippen LogP contribution in [0.1, 0.15) is 56.4 Å². The van der Waals surface area contributed by atoms with Gasteiger partial charge < -0.3 is 10.2 Å². The van der Waals surface area contributed by atoms with Crippen LogP contribution in [-0.4, -0.2) is 46.3 Å². The largest absolute Gasteiger partial charge is 0.339 e. The van der Waals surface area contributed by atoms with Gasteiger partial charge in [-0.3, -0.25) is 9.48 Å². The fraction of sp³-hybridized carbons (Fsp3) is 0.810. The third-order valence-electron chi connectivity index (χ3n) is 7.80. The molecule has 4 aliphatic rings. The summed E-state index contributed by atoms with van der Waals surface area (Å²) in [6.07, 6.45) is 13.5. The molecule has 2 bridgehead atoms. The van der Waals surface area contributed by atoms with E-state index in [0.717, 1.165) is 37.4 Å². The first-order valence-corrected chi connectivity index (χ1v) is 10.7. The van der Waals surface area contributed by atoms with Crippen molar-refractivity contribution in [2.45, 2.75) is 56.9 Å². The highest BCUT2D eigenvalue weighted by Crippen LogP contribution is 2.50. The van der Waals surface area contributed by atoms with Crippen LogP contribution in [0, 0.1) is 23.7 Å². The van der Waals surface area contributed by atoms with Gasteiger partial charge in [0, 0.05) is 44.8 Å². The fourth-order valence-electron chi connectivity index (χ4n) is 6.52. The molecule has 2 saturated heterocycles. The van der Waals surface area contributed by atoms with Crippen molar-refractivity contribution in [2.24, 2.45) is 30.7 Å². The minimum Gasteiger partial charge on any atom is -0.339 e. The Labute approximate surface area is 156 Å². The number of fused-ring (bicyclic) bond motifs is 2. The number of likely N-dealkylation sites (tertiary alicyclic amines) is 1. The molecule has 5 nitrogen and oxygen atoms in total. The standard InChI is InChI=1S/C21H32N4O/c1-24-13-17(10-23-24)19-11-22-12-20(19)21(26)25-6-2-3-18(25)9-16-8-14-4-5-15(16)7-14/h10,13-16,18-20,22H,2-9,11-12H2,1H3/t14?,15?,16?,18?,19-,20+/m1/s1. The maximum absolute atomic E-state index is 13.4. The number of hydrogen-bond donors (Lipinski definition) is 1. The minimum atomic E-state index is 0.0832. The molecular formula is C21H32N4O. The van der Waals surface area contributed by atoms with Crippen molar-refractivity contribution < 1.29 is 4.79 Å². The highest BCUT2D eigenvalue weighted by Gasteiger charge is 2.44. The first-order chi connectivity index (χ1) is 12.7. The van der Waals surface area contributed by atoms with Crippen LogP contribution in [0.25, 0.3) is 0 Å². The van der Waals surface area contributed by atoms with Gasteiger partial charge in [0.15, 0.2) is 0 Å². The highest BCUT2D eigenvalue weighted by atomic mass is 16.2. The Morgan fingerprint density at radius 3 is 2.92 bits per heavy atom. The van der Waals surface area contributed by atoms with Crippen LogP contribution in [0.2, 0.25) is 0 Å². The molecule has 4 unspecified atom stereocenters. The molecule has 1 amide bonds. The summed E-state index contributed by atoms with van der Waals surface area (Å²) < 4.78 is 1.85. The van der Waals surface area contributed by atoms with E-state index >= 15 is 0 Å². The Morgan fingerprint density at radius 2 is 2.19 bits per heavy atom. The lowest BCUT2D eigenvalue weighted by Crippen LogP contribution is -2.42. The van der Waals surface area contributed by atoms with E-state index in [1.165, 1.54) is 50.5 Å². The Morgan fingerprint density at radius 1 is 1.27 bits per heavy atom. The first-order valence-electron chi connectivity index (χ1n) is 10.7. The van der Waals surface area contributed by atoms with E-state index in [2.05, 4.69) is 21.5 Å². The van der Waals surface area contributed by atoms with Crippen LogP contribution >= 0.6 is 0 Å². The van der Waals surface area contributed by atoms with E-state index in [0.29, 0.717) is 11.9 Å². The number of nitrogens with zero attached hydrogens (tertiary/aromatic N) is 3. The Bertz CT molecular complexity index is 671. The fourth-order valence-corrected chi connectivity index (χ4v) is 6.52. The van der Waals surface area contributed by atoms with E-state index in [1.54, 1.807) is 0 Å². The van der Waals surface area contributed by atoms with Gasteiger partial charge in [-0.25, -0.2) is 0 Å². The predicted octanol–water partition coefficient (Wildman–Crippen LogP) is 2.54. The molecule has 2 aliphatic carbocycles. The van der Waals surface area contributed by atoms with Crippen LogP contribution in [0.3, 0.4) is 0 Å². The Balaban J connectivity index is 1.27. The molecule has 1 aromatic heterocycles.